The molecule has 0 saturated heterocycles. The summed E-state index contributed by atoms with van der Waals surface area (Å²) in [7, 11) is -5.42. The van der Waals surface area contributed by atoms with Crippen molar-refractivity contribution in [3.05, 3.63) is 67.3 Å². The lowest BCUT2D eigenvalue weighted by molar-refractivity contribution is 0.217. The molecule has 26 heavy (non-hydrogen) atoms. The predicted octanol–water partition coefficient (Wildman–Crippen LogP) is 4.28. The van der Waals surface area contributed by atoms with Gasteiger partial charge in [-0.15, -0.1) is 13.2 Å². The number of hydrogen-bond donors (Lipinski definition) is 0. The summed E-state index contributed by atoms with van der Waals surface area (Å²) >= 11 is 0. The van der Waals surface area contributed by atoms with Crippen molar-refractivity contribution in [2.24, 2.45) is 0 Å². The maximum Gasteiger partial charge on any atom is 0.243 e. The van der Waals surface area contributed by atoms with Crippen LogP contribution in [0.1, 0.15) is 12.0 Å². The Labute approximate surface area is 159 Å². The molecule has 0 radical (unpaired) electrons. The third kappa shape index (κ3) is 5.04. The minimum atomic E-state index is -3.59. The fraction of sp³-hybridized carbons (Fsp3) is 0.400. The average molecular weight is 392 g/mol. The summed E-state index contributed by atoms with van der Waals surface area (Å²) in [6.45, 7) is 14.0. The quantitative estimate of drug-likeness (QED) is 0.466. The summed E-state index contributed by atoms with van der Waals surface area (Å²) in [5.74, 6) is 0. The van der Waals surface area contributed by atoms with Crippen LogP contribution in [0.2, 0.25) is 19.1 Å². The summed E-state index contributed by atoms with van der Waals surface area (Å²) in [6, 6.07) is 7.61. The molecule has 1 aliphatic rings. The zero-order valence-corrected chi connectivity index (χ0v) is 17.7. The minimum Gasteiger partial charge on any atom is -0.411 e. The van der Waals surface area contributed by atoms with Gasteiger partial charge in [-0.25, -0.2) is 8.42 Å². The Morgan fingerprint density at radius 2 is 1.85 bits per heavy atom. The Morgan fingerprint density at radius 3 is 2.42 bits per heavy atom. The van der Waals surface area contributed by atoms with Crippen LogP contribution in [0.15, 0.2) is 66.6 Å². The number of rotatable bonds is 9. The topological polar surface area (TPSA) is 46.6 Å². The molecule has 0 saturated carbocycles. The maximum atomic E-state index is 13.1. The van der Waals surface area contributed by atoms with Crippen LogP contribution in [0.3, 0.4) is 0 Å². The minimum absolute atomic E-state index is 0.0536. The van der Waals surface area contributed by atoms with Crippen molar-refractivity contribution in [2.75, 3.05) is 6.54 Å². The normalized spacial score (nSPS) is 20.5. The molecular weight excluding hydrogens is 362 g/mol. The first-order chi connectivity index (χ1) is 12.2. The van der Waals surface area contributed by atoms with Gasteiger partial charge in [0.15, 0.2) is 8.32 Å². The van der Waals surface area contributed by atoms with E-state index in [2.05, 4.69) is 26.3 Å². The first-order valence-corrected chi connectivity index (χ1v) is 13.4. The number of benzene rings is 1. The van der Waals surface area contributed by atoms with Crippen LogP contribution in [0.25, 0.3) is 0 Å². The highest BCUT2D eigenvalue weighted by Gasteiger charge is 2.35. The molecule has 0 N–H and O–H groups in total. The highest BCUT2D eigenvalue weighted by Crippen LogP contribution is 2.28. The van der Waals surface area contributed by atoms with Gasteiger partial charge in [-0.2, -0.15) is 4.31 Å². The lowest BCUT2D eigenvalue weighted by Crippen LogP contribution is -2.40. The number of allylic oxidation sites excluding steroid dienone is 1. The molecule has 0 fully saturated rings. The van der Waals surface area contributed by atoms with E-state index >= 15 is 0 Å². The maximum absolute atomic E-state index is 13.1. The van der Waals surface area contributed by atoms with Crippen LogP contribution in [0.5, 0.6) is 0 Å². The Balaban J connectivity index is 2.18. The third-order valence-electron chi connectivity index (χ3n) is 4.43. The Hall–Kier alpha value is -1.47. The SMILES string of the molecule is C=CCN([C@@H]1C=C[C@@H](O[Si](C)(C)CC=C)C1)S(=O)(=O)c1ccc(C)cc1. The zero-order valence-electron chi connectivity index (χ0n) is 15.9. The van der Waals surface area contributed by atoms with Crippen LogP contribution in [-0.2, 0) is 14.4 Å². The Kier molecular flexibility index (Phi) is 6.79. The van der Waals surface area contributed by atoms with E-state index < -0.39 is 18.3 Å². The van der Waals surface area contributed by atoms with Gasteiger partial charge in [0, 0.05) is 12.6 Å². The number of nitrogens with zero attached hydrogens (tertiary/aromatic N) is 1. The predicted molar refractivity (Wildman–Crippen MR) is 110 cm³/mol. The number of sulfonamides is 1. The molecule has 0 aliphatic heterocycles. The summed E-state index contributed by atoms with van der Waals surface area (Å²) in [5, 5.41) is 0. The smallest absolute Gasteiger partial charge is 0.243 e. The molecule has 0 unspecified atom stereocenters. The third-order valence-corrected chi connectivity index (χ3v) is 8.55. The van der Waals surface area contributed by atoms with Gasteiger partial charge in [-0.1, -0.05) is 42.0 Å². The summed E-state index contributed by atoms with van der Waals surface area (Å²) in [5.41, 5.74) is 1.03. The highest BCUT2D eigenvalue weighted by atomic mass is 32.2. The molecule has 0 amide bonds. The molecule has 2 atom stereocenters. The summed E-state index contributed by atoms with van der Waals surface area (Å²) in [4.78, 5) is 0.309. The van der Waals surface area contributed by atoms with Gasteiger partial charge < -0.3 is 4.43 Å². The van der Waals surface area contributed by atoms with Gasteiger partial charge in [0.2, 0.25) is 10.0 Å². The second-order valence-corrected chi connectivity index (χ2v) is 13.3. The van der Waals surface area contributed by atoms with Gasteiger partial charge in [0.25, 0.3) is 0 Å². The van der Waals surface area contributed by atoms with E-state index in [9.17, 15) is 8.42 Å². The number of aryl methyl sites for hydroxylation is 1. The zero-order chi connectivity index (χ0) is 19.4. The molecule has 1 aliphatic carbocycles. The molecule has 4 nitrogen and oxygen atoms in total. The largest absolute Gasteiger partial charge is 0.411 e. The van der Waals surface area contributed by atoms with Crippen molar-refractivity contribution >= 4 is 18.3 Å². The Bertz CT molecular complexity index is 769. The summed E-state index contributed by atoms with van der Waals surface area (Å²) in [6.07, 6.45) is 8.04. The van der Waals surface area contributed by atoms with Crippen LogP contribution in [-0.4, -0.2) is 39.7 Å². The molecule has 0 spiro atoms. The van der Waals surface area contributed by atoms with Gasteiger partial charge >= 0.3 is 0 Å². The van der Waals surface area contributed by atoms with Gasteiger partial charge in [-0.3, -0.25) is 0 Å². The molecule has 0 bridgehead atoms. The van der Waals surface area contributed by atoms with Crippen molar-refractivity contribution in [1.82, 2.24) is 4.31 Å². The molecule has 142 valence electrons. The van der Waals surface area contributed by atoms with E-state index in [-0.39, 0.29) is 18.7 Å². The van der Waals surface area contributed by atoms with E-state index in [1.165, 1.54) is 4.31 Å². The molecule has 6 heteroatoms. The van der Waals surface area contributed by atoms with Gasteiger partial charge in [0.05, 0.1) is 11.0 Å². The molecular formula is C20H29NO3SSi. The van der Waals surface area contributed by atoms with Crippen molar-refractivity contribution < 1.29 is 12.8 Å². The van der Waals surface area contributed by atoms with Crippen LogP contribution in [0.4, 0.5) is 0 Å². The standard InChI is InChI=1S/C20H29NO3SSi/c1-6-14-21(25(22,23)20-12-8-17(3)9-13-20)18-10-11-19(16-18)24-26(4,5)15-7-2/h6-13,18-19H,1-2,14-16H2,3-5H3/t18-,19-/m1/s1. The lowest BCUT2D eigenvalue weighted by atomic mass is 10.2. The second-order valence-electron chi connectivity index (χ2n) is 7.27. The highest BCUT2D eigenvalue weighted by molar-refractivity contribution is 7.89. The van der Waals surface area contributed by atoms with Gasteiger partial charge in [-0.05, 0) is 44.6 Å². The van der Waals surface area contributed by atoms with Crippen molar-refractivity contribution in [1.29, 1.82) is 0 Å². The van der Waals surface area contributed by atoms with Crippen LogP contribution in [0, 0.1) is 6.92 Å². The summed E-state index contributed by atoms with van der Waals surface area (Å²) < 4.78 is 34.0. The van der Waals surface area contributed by atoms with E-state index in [0.717, 1.165) is 11.6 Å². The van der Waals surface area contributed by atoms with Gasteiger partial charge in [0.1, 0.15) is 0 Å². The van der Waals surface area contributed by atoms with E-state index in [1.54, 1.807) is 18.2 Å². The lowest BCUT2D eigenvalue weighted by Gasteiger charge is -2.29. The second kappa shape index (κ2) is 8.48. The molecule has 0 heterocycles. The van der Waals surface area contributed by atoms with E-state index in [0.29, 0.717) is 11.3 Å². The molecule has 1 aromatic carbocycles. The molecule has 1 aromatic rings. The number of hydrogen-bond acceptors (Lipinski definition) is 3. The van der Waals surface area contributed by atoms with E-state index in [4.69, 9.17) is 4.43 Å². The van der Waals surface area contributed by atoms with Crippen molar-refractivity contribution in [2.45, 2.75) is 49.5 Å². The van der Waals surface area contributed by atoms with E-state index in [1.807, 2.05) is 37.3 Å². The fourth-order valence-corrected chi connectivity index (χ4v) is 6.49. The Morgan fingerprint density at radius 1 is 1.19 bits per heavy atom. The first kappa shape index (κ1) is 20.8. The van der Waals surface area contributed by atoms with Crippen LogP contribution < -0.4 is 0 Å². The molecule has 0 aromatic heterocycles. The molecule has 2 rings (SSSR count). The average Bonchev–Trinajstić information content (AvgIpc) is 2.99. The van der Waals surface area contributed by atoms with Crippen LogP contribution >= 0.6 is 0 Å². The van der Waals surface area contributed by atoms with Crippen molar-refractivity contribution in [3.63, 3.8) is 0 Å². The first-order valence-electron chi connectivity index (χ1n) is 8.86. The van der Waals surface area contributed by atoms with Crippen molar-refractivity contribution in [3.8, 4) is 0 Å². The fourth-order valence-electron chi connectivity index (χ4n) is 3.14. The monoisotopic (exact) mass is 391 g/mol.